The molecular formula is C6H10F3I. The highest BCUT2D eigenvalue weighted by atomic mass is 127. The molecule has 62 valence electrons. The van der Waals surface area contributed by atoms with Crippen molar-refractivity contribution in [2.24, 2.45) is 5.92 Å². The standard InChI is InChI=1S/C6H10F3I/c1-2-3-5(4-10)6(7,8)9/h5H,2-4H2,1H3. The van der Waals surface area contributed by atoms with Crippen molar-refractivity contribution in [2.75, 3.05) is 4.43 Å². The van der Waals surface area contributed by atoms with Crippen LogP contribution in [0.2, 0.25) is 0 Å². The predicted octanol–water partition coefficient (Wildman–Crippen LogP) is 3.40. The van der Waals surface area contributed by atoms with Crippen molar-refractivity contribution in [3.63, 3.8) is 0 Å². The first-order valence-corrected chi connectivity index (χ1v) is 4.67. The Morgan fingerprint density at radius 2 is 1.90 bits per heavy atom. The van der Waals surface area contributed by atoms with Gasteiger partial charge in [0.25, 0.3) is 0 Å². The van der Waals surface area contributed by atoms with Crippen LogP contribution in [0.15, 0.2) is 0 Å². The lowest BCUT2D eigenvalue weighted by atomic mass is 10.1. The van der Waals surface area contributed by atoms with Crippen molar-refractivity contribution in [3.05, 3.63) is 0 Å². The van der Waals surface area contributed by atoms with Gasteiger partial charge >= 0.3 is 6.18 Å². The summed E-state index contributed by atoms with van der Waals surface area (Å²) in [5.41, 5.74) is 0. The van der Waals surface area contributed by atoms with Crippen LogP contribution in [0.25, 0.3) is 0 Å². The second-order valence-electron chi connectivity index (χ2n) is 2.18. The van der Waals surface area contributed by atoms with Crippen molar-refractivity contribution in [3.8, 4) is 0 Å². The van der Waals surface area contributed by atoms with E-state index in [1.54, 1.807) is 29.5 Å². The molecule has 10 heavy (non-hydrogen) atoms. The third kappa shape index (κ3) is 3.63. The maximum atomic E-state index is 11.9. The summed E-state index contributed by atoms with van der Waals surface area (Å²) in [6, 6.07) is 0. The van der Waals surface area contributed by atoms with Gasteiger partial charge in [-0.15, -0.1) is 0 Å². The predicted molar refractivity (Wildman–Crippen MR) is 43.3 cm³/mol. The first-order valence-electron chi connectivity index (χ1n) is 3.15. The van der Waals surface area contributed by atoms with Gasteiger partial charge in [-0.25, -0.2) is 0 Å². The molecule has 0 heterocycles. The van der Waals surface area contributed by atoms with Gasteiger partial charge in [0.1, 0.15) is 0 Å². The van der Waals surface area contributed by atoms with Crippen LogP contribution in [-0.4, -0.2) is 10.6 Å². The first kappa shape index (κ1) is 10.5. The third-order valence-electron chi connectivity index (χ3n) is 1.29. The van der Waals surface area contributed by atoms with E-state index >= 15 is 0 Å². The minimum atomic E-state index is -3.99. The minimum absolute atomic E-state index is 0.176. The van der Waals surface area contributed by atoms with Gasteiger partial charge in [0.15, 0.2) is 0 Å². The van der Waals surface area contributed by atoms with Gasteiger partial charge in [0, 0.05) is 4.43 Å². The zero-order valence-electron chi connectivity index (χ0n) is 5.71. The van der Waals surface area contributed by atoms with Crippen LogP contribution in [0.5, 0.6) is 0 Å². The Bertz CT molecular complexity index is 89.5. The van der Waals surface area contributed by atoms with Gasteiger partial charge in [-0.2, -0.15) is 13.2 Å². The molecule has 0 aromatic heterocycles. The van der Waals surface area contributed by atoms with Gasteiger partial charge < -0.3 is 0 Å². The third-order valence-corrected chi connectivity index (χ3v) is 2.35. The number of rotatable bonds is 3. The Morgan fingerprint density at radius 3 is 2.00 bits per heavy atom. The van der Waals surface area contributed by atoms with E-state index in [1.165, 1.54) is 0 Å². The van der Waals surface area contributed by atoms with E-state index < -0.39 is 12.1 Å². The largest absolute Gasteiger partial charge is 0.392 e. The summed E-state index contributed by atoms with van der Waals surface area (Å²) in [5, 5.41) is 0. The normalized spacial score (nSPS) is 15.3. The molecular weight excluding hydrogens is 256 g/mol. The van der Waals surface area contributed by atoms with Gasteiger partial charge in [0.2, 0.25) is 0 Å². The molecule has 0 aliphatic carbocycles. The molecule has 0 saturated heterocycles. The molecule has 0 aliphatic rings. The molecule has 0 aliphatic heterocycles. The highest BCUT2D eigenvalue weighted by Gasteiger charge is 2.37. The van der Waals surface area contributed by atoms with Crippen LogP contribution in [0.1, 0.15) is 19.8 Å². The maximum Gasteiger partial charge on any atom is 0.392 e. The zero-order valence-corrected chi connectivity index (χ0v) is 7.87. The molecule has 0 spiro atoms. The SMILES string of the molecule is CCCC(CI)C(F)(F)F. The van der Waals surface area contributed by atoms with Gasteiger partial charge in [-0.3, -0.25) is 0 Å². The summed E-state index contributed by atoms with van der Waals surface area (Å²) in [7, 11) is 0. The average molecular weight is 266 g/mol. The fraction of sp³-hybridized carbons (Fsp3) is 1.00. The smallest absolute Gasteiger partial charge is 0.171 e. The lowest BCUT2D eigenvalue weighted by Crippen LogP contribution is -2.23. The van der Waals surface area contributed by atoms with Crippen LogP contribution in [0.3, 0.4) is 0 Å². The zero-order chi connectivity index (χ0) is 8.20. The molecule has 4 heteroatoms. The monoisotopic (exact) mass is 266 g/mol. The summed E-state index contributed by atoms with van der Waals surface area (Å²) in [4.78, 5) is 0. The molecule has 0 radical (unpaired) electrons. The fourth-order valence-electron chi connectivity index (χ4n) is 0.677. The van der Waals surface area contributed by atoms with Crippen LogP contribution in [-0.2, 0) is 0 Å². The Hall–Kier alpha value is 0.520. The molecule has 0 aromatic carbocycles. The quantitative estimate of drug-likeness (QED) is 0.542. The highest BCUT2D eigenvalue weighted by molar-refractivity contribution is 14.1. The summed E-state index contributed by atoms with van der Waals surface area (Å²) < 4.78 is 35.9. The van der Waals surface area contributed by atoms with Crippen LogP contribution < -0.4 is 0 Å². The maximum absolute atomic E-state index is 11.9. The molecule has 0 fully saturated rings. The summed E-state index contributed by atoms with van der Waals surface area (Å²) in [5.74, 6) is -1.10. The average Bonchev–Trinajstić information content (AvgIpc) is 1.80. The molecule has 0 nitrogen and oxygen atoms in total. The van der Waals surface area contributed by atoms with E-state index in [1.807, 2.05) is 0 Å². The van der Waals surface area contributed by atoms with Crippen molar-refractivity contribution in [2.45, 2.75) is 25.9 Å². The fourth-order valence-corrected chi connectivity index (χ4v) is 1.62. The van der Waals surface area contributed by atoms with Crippen molar-refractivity contribution >= 4 is 22.6 Å². The molecule has 0 amide bonds. The minimum Gasteiger partial charge on any atom is -0.171 e. The highest BCUT2D eigenvalue weighted by Crippen LogP contribution is 2.30. The Morgan fingerprint density at radius 1 is 1.40 bits per heavy atom. The van der Waals surface area contributed by atoms with Crippen molar-refractivity contribution in [1.29, 1.82) is 0 Å². The summed E-state index contributed by atoms with van der Waals surface area (Å²) in [6.07, 6.45) is -3.13. The molecule has 1 unspecified atom stereocenters. The second-order valence-corrected chi connectivity index (χ2v) is 3.06. The molecule has 1 atom stereocenters. The number of hydrogen-bond donors (Lipinski definition) is 0. The lowest BCUT2D eigenvalue weighted by molar-refractivity contribution is -0.168. The van der Waals surface area contributed by atoms with Crippen molar-refractivity contribution < 1.29 is 13.2 Å². The molecule has 0 saturated carbocycles. The van der Waals surface area contributed by atoms with E-state index in [-0.39, 0.29) is 10.8 Å². The molecule has 0 bridgehead atoms. The molecule has 0 rings (SSSR count). The van der Waals surface area contributed by atoms with E-state index in [2.05, 4.69) is 0 Å². The Kier molecular flexibility index (Phi) is 4.64. The van der Waals surface area contributed by atoms with Gasteiger partial charge in [0.05, 0.1) is 5.92 Å². The summed E-state index contributed by atoms with van der Waals surface area (Å²) >= 11 is 1.78. The summed E-state index contributed by atoms with van der Waals surface area (Å²) in [6.45, 7) is 1.77. The topological polar surface area (TPSA) is 0 Å². The van der Waals surface area contributed by atoms with E-state index in [9.17, 15) is 13.2 Å². The number of hydrogen-bond acceptors (Lipinski definition) is 0. The second kappa shape index (κ2) is 4.41. The Balaban J connectivity index is 3.81. The molecule has 0 aromatic rings. The Labute approximate surface area is 72.3 Å². The van der Waals surface area contributed by atoms with E-state index in [0.717, 1.165) is 0 Å². The van der Waals surface area contributed by atoms with Crippen LogP contribution in [0.4, 0.5) is 13.2 Å². The van der Waals surface area contributed by atoms with Crippen LogP contribution in [0, 0.1) is 5.92 Å². The number of alkyl halides is 4. The first-order chi connectivity index (χ1) is 4.52. The lowest BCUT2D eigenvalue weighted by Gasteiger charge is -2.16. The van der Waals surface area contributed by atoms with E-state index in [0.29, 0.717) is 6.42 Å². The van der Waals surface area contributed by atoms with Gasteiger partial charge in [-0.05, 0) is 6.42 Å². The molecule has 0 N–H and O–H groups in total. The number of halogens is 4. The van der Waals surface area contributed by atoms with Gasteiger partial charge in [-0.1, -0.05) is 35.9 Å². The van der Waals surface area contributed by atoms with E-state index in [4.69, 9.17) is 0 Å². The van der Waals surface area contributed by atoms with Crippen LogP contribution >= 0.6 is 22.6 Å². The van der Waals surface area contributed by atoms with Crippen molar-refractivity contribution in [1.82, 2.24) is 0 Å².